The van der Waals surface area contributed by atoms with Gasteiger partial charge in [0.25, 0.3) is 0 Å². The highest BCUT2D eigenvalue weighted by Crippen LogP contribution is 2.23. The van der Waals surface area contributed by atoms with Gasteiger partial charge in [0.05, 0.1) is 0 Å². The van der Waals surface area contributed by atoms with Crippen LogP contribution in [0.25, 0.3) is 0 Å². The molecule has 2 N–H and O–H groups in total. The van der Waals surface area contributed by atoms with Crippen LogP contribution in [0.4, 0.5) is 4.39 Å². The summed E-state index contributed by atoms with van der Waals surface area (Å²) in [5.74, 6) is -1.06. The molecule has 0 spiro atoms. The van der Waals surface area contributed by atoms with Crippen molar-refractivity contribution < 1.29 is 14.0 Å². The van der Waals surface area contributed by atoms with Gasteiger partial charge in [-0.25, -0.2) is 4.39 Å². The van der Waals surface area contributed by atoms with Gasteiger partial charge in [0, 0.05) is 18.2 Å². The molecule has 2 rings (SSSR count). The first-order valence-corrected chi connectivity index (χ1v) is 6.74. The number of rotatable bonds is 5. The predicted molar refractivity (Wildman–Crippen MR) is 73.2 cm³/mol. The summed E-state index contributed by atoms with van der Waals surface area (Å²) in [7, 11) is 0. The molecule has 108 valence electrons. The van der Waals surface area contributed by atoms with E-state index < -0.39 is 11.3 Å². The molecule has 0 radical (unpaired) electrons. The third-order valence-corrected chi connectivity index (χ3v) is 3.45. The minimum Gasteiger partial charge on any atom is -0.352 e. The molecule has 1 aliphatic carbocycles. The summed E-state index contributed by atoms with van der Waals surface area (Å²) in [5.41, 5.74) is -0.757. The molecule has 0 aliphatic heterocycles. The lowest BCUT2D eigenvalue weighted by Crippen LogP contribution is -2.48. The number of halogens is 1. The van der Waals surface area contributed by atoms with Crippen molar-refractivity contribution in [2.45, 2.75) is 39.3 Å². The number of benzene rings is 1. The Bertz CT molecular complexity index is 524. The fourth-order valence-corrected chi connectivity index (χ4v) is 1.73. The average molecular weight is 278 g/mol. The first-order valence-electron chi connectivity index (χ1n) is 6.74. The first kappa shape index (κ1) is 14.5. The number of hydrogen-bond acceptors (Lipinski definition) is 2. The molecule has 0 unspecified atom stereocenters. The molecule has 1 aromatic carbocycles. The molecule has 0 saturated heterocycles. The van der Waals surface area contributed by atoms with Crippen LogP contribution in [-0.2, 0) is 16.1 Å². The maximum Gasteiger partial charge on any atom is 0.235 e. The SMILES string of the molecule is CC(C)(C(=O)NCc1ccccc1F)C(=O)NC1CC1. The minimum absolute atomic E-state index is 0.0750. The lowest BCUT2D eigenvalue weighted by molar-refractivity contribution is -0.141. The summed E-state index contributed by atoms with van der Waals surface area (Å²) in [4.78, 5) is 24.1. The molecule has 0 heterocycles. The Morgan fingerprint density at radius 2 is 1.90 bits per heavy atom. The van der Waals surface area contributed by atoms with Crippen LogP contribution in [0.2, 0.25) is 0 Å². The second kappa shape index (κ2) is 5.61. The Labute approximate surface area is 117 Å². The summed E-state index contributed by atoms with van der Waals surface area (Å²) in [5, 5.41) is 5.43. The number of hydrogen-bond donors (Lipinski definition) is 2. The maximum atomic E-state index is 13.4. The van der Waals surface area contributed by atoms with Crippen molar-refractivity contribution in [3.63, 3.8) is 0 Å². The van der Waals surface area contributed by atoms with Crippen LogP contribution in [0, 0.1) is 11.2 Å². The highest BCUT2D eigenvalue weighted by Gasteiger charge is 2.38. The van der Waals surface area contributed by atoms with Crippen molar-refractivity contribution in [3.8, 4) is 0 Å². The van der Waals surface area contributed by atoms with Crippen LogP contribution in [0.1, 0.15) is 32.3 Å². The van der Waals surface area contributed by atoms with Gasteiger partial charge in [-0.2, -0.15) is 0 Å². The predicted octanol–water partition coefficient (Wildman–Crippen LogP) is 1.75. The maximum absolute atomic E-state index is 13.4. The van der Waals surface area contributed by atoms with Crippen molar-refractivity contribution in [2.75, 3.05) is 0 Å². The molecule has 0 aromatic heterocycles. The Hall–Kier alpha value is -1.91. The van der Waals surface area contributed by atoms with E-state index in [0.29, 0.717) is 5.56 Å². The van der Waals surface area contributed by atoms with Gasteiger partial charge < -0.3 is 10.6 Å². The zero-order chi connectivity index (χ0) is 14.8. The minimum atomic E-state index is -1.16. The molecule has 0 atom stereocenters. The number of amides is 2. The zero-order valence-corrected chi connectivity index (χ0v) is 11.7. The van der Waals surface area contributed by atoms with Gasteiger partial charge in [-0.05, 0) is 32.8 Å². The van der Waals surface area contributed by atoms with Crippen LogP contribution < -0.4 is 10.6 Å². The van der Waals surface area contributed by atoms with E-state index in [9.17, 15) is 14.0 Å². The van der Waals surface area contributed by atoms with E-state index in [1.807, 2.05) is 0 Å². The van der Waals surface area contributed by atoms with Crippen molar-refractivity contribution in [3.05, 3.63) is 35.6 Å². The molecular formula is C15H19FN2O2. The molecule has 2 amide bonds. The number of carbonyl (C=O) groups excluding carboxylic acids is 2. The van der Waals surface area contributed by atoms with E-state index in [1.165, 1.54) is 6.07 Å². The van der Waals surface area contributed by atoms with Crippen LogP contribution in [0.15, 0.2) is 24.3 Å². The van der Waals surface area contributed by atoms with Crippen LogP contribution in [0.3, 0.4) is 0 Å². The molecule has 1 fully saturated rings. The summed E-state index contributed by atoms with van der Waals surface area (Å²) < 4.78 is 13.4. The molecule has 1 aliphatic rings. The molecule has 0 bridgehead atoms. The Balaban J connectivity index is 1.93. The lowest BCUT2D eigenvalue weighted by Gasteiger charge is -2.22. The standard InChI is InChI=1S/C15H19FN2O2/c1-15(2,14(20)18-11-7-8-11)13(19)17-9-10-5-3-4-6-12(10)16/h3-6,11H,7-9H2,1-2H3,(H,17,19)(H,18,20). The first-order chi connectivity index (χ1) is 9.41. The van der Waals surface area contributed by atoms with Gasteiger partial charge in [0.1, 0.15) is 11.2 Å². The Morgan fingerprint density at radius 3 is 2.50 bits per heavy atom. The smallest absolute Gasteiger partial charge is 0.235 e. The van der Waals surface area contributed by atoms with Gasteiger partial charge in [-0.3, -0.25) is 9.59 Å². The fourth-order valence-electron chi connectivity index (χ4n) is 1.73. The molecule has 5 heteroatoms. The average Bonchev–Trinajstić information content (AvgIpc) is 3.21. The summed E-state index contributed by atoms with van der Waals surface area (Å²) in [6.07, 6.45) is 1.94. The van der Waals surface area contributed by atoms with E-state index in [2.05, 4.69) is 10.6 Å². The second-order valence-electron chi connectivity index (χ2n) is 5.65. The van der Waals surface area contributed by atoms with Crippen molar-refractivity contribution >= 4 is 11.8 Å². The second-order valence-corrected chi connectivity index (χ2v) is 5.65. The van der Waals surface area contributed by atoms with Gasteiger partial charge in [-0.15, -0.1) is 0 Å². The van der Waals surface area contributed by atoms with Gasteiger partial charge in [0.15, 0.2) is 0 Å². The highest BCUT2D eigenvalue weighted by atomic mass is 19.1. The fraction of sp³-hybridized carbons (Fsp3) is 0.467. The van der Waals surface area contributed by atoms with Gasteiger partial charge >= 0.3 is 0 Å². The number of carbonyl (C=O) groups is 2. The largest absolute Gasteiger partial charge is 0.352 e. The summed E-state index contributed by atoms with van der Waals surface area (Å²) in [6, 6.07) is 6.45. The van der Waals surface area contributed by atoms with Crippen LogP contribution in [-0.4, -0.2) is 17.9 Å². The van der Waals surface area contributed by atoms with Crippen molar-refractivity contribution in [2.24, 2.45) is 5.41 Å². The van der Waals surface area contributed by atoms with Crippen molar-refractivity contribution in [1.29, 1.82) is 0 Å². The molecule has 20 heavy (non-hydrogen) atoms. The van der Waals surface area contributed by atoms with E-state index in [1.54, 1.807) is 32.0 Å². The van der Waals surface area contributed by atoms with Gasteiger partial charge in [0.2, 0.25) is 11.8 Å². The van der Waals surface area contributed by atoms with E-state index >= 15 is 0 Å². The third-order valence-electron chi connectivity index (χ3n) is 3.45. The summed E-state index contributed by atoms with van der Waals surface area (Å²) >= 11 is 0. The molecule has 1 saturated carbocycles. The highest BCUT2D eigenvalue weighted by molar-refractivity contribution is 6.04. The van der Waals surface area contributed by atoms with E-state index in [-0.39, 0.29) is 24.3 Å². The summed E-state index contributed by atoms with van der Waals surface area (Å²) in [6.45, 7) is 3.22. The lowest BCUT2D eigenvalue weighted by atomic mass is 9.91. The van der Waals surface area contributed by atoms with E-state index in [0.717, 1.165) is 12.8 Å². The normalized spacial score (nSPS) is 14.8. The molecule has 4 nitrogen and oxygen atoms in total. The molecular weight excluding hydrogens is 259 g/mol. The van der Waals surface area contributed by atoms with Crippen LogP contribution in [0.5, 0.6) is 0 Å². The van der Waals surface area contributed by atoms with Crippen molar-refractivity contribution in [1.82, 2.24) is 10.6 Å². The third kappa shape index (κ3) is 3.35. The topological polar surface area (TPSA) is 58.2 Å². The Morgan fingerprint density at radius 1 is 1.25 bits per heavy atom. The van der Waals surface area contributed by atoms with Gasteiger partial charge in [-0.1, -0.05) is 18.2 Å². The van der Waals surface area contributed by atoms with Crippen LogP contribution >= 0.6 is 0 Å². The monoisotopic (exact) mass is 278 g/mol. The molecule has 1 aromatic rings. The zero-order valence-electron chi connectivity index (χ0n) is 11.7. The van der Waals surface area contributed by atoms with E-state index in [4.69, 9.17) is 0 Å². The quantitative estimate of drug-likeness (QED) is 0.806. The number of nitrogens with one attached hydrogen (secondary N) is 2. The Kier molecular flexibility index (Phi) is 4.06.